The average Bonchev–Trinajstić information content (AvgIpc) is 2.60. The zero-order chi connectivity index (χ0) is 21.8. The molecule has 2 N–H and O–H groups in total. The number of halogens is 4. The van der Waals surface area contributed by atoms with E-state index >= 15 is 0 Å². The van der Waals surface area contributed by atoms with E-state index in [1.54, 1.807) is 0 Å². The molecule has 29 heavy (non-hydrogen) atoms. The summed E-state index contributed by atoms with van der Waals surface area (Å²) in [6.45, 7) is -2.33. The Morgan fingerprint density at radius 3 is 2.21 bits per heavy atom. The largest absolute Gasteiger partial charge is 0.462 e. The molecule has 0 radical (unpaired) electrons. The molecule has 4 rings (SSSR count). The normalized spacial score (nSPS) is 33.0. The maximum Gasteiger partial charge on any atom is 0.459 e. The van der Waals surface area contributed by atoms with Gasteiger partial charge in [-0.1, -0.05) is 0 Å². The van der Waals surface area contributed by atoms with Crippen LogP contribution in [0.15, 0.2) is 0 Å². The number of carbonyl (C=O) groups is 2. The van der Waals surface area contributed by atoms with E-state index in [9.17, 15) is 40.7 Å². The van der Waals surface area contributed by atoms with Crippen molar-refractivity contribution in [3.8, 4) is 0 Å². The van der Waals surface area contributed by atoms with Gasteiger partial charge in [-0.05, 0) is 38.0 Å². The Bertz CT molecular complexity index is 781. The number of alkyl halides is 4. The van der Waals surface area contributed by atoms with Gasteiger partial charge in [0, 0.05) is 11.8 Å². The van der Waals surface area contributed by atoms with Gasteiger partial charge < -0.3 is 14.6 Å². The molecular weight excluding hydrogens is 428 g/mol. The van der Waals surface area contributed by atoms with Crippen LogP contribution in [0.2, 0.25) is 0 Å². The first-order chi connectivity index (χ1) is 13.2. The summed E-state index contributed by atoms with van der Waals surface area (Å²) in [6.07, 6.45) is -4.96. The lowest BCUT2D eigenvalue weighted by atomic mass is 9.49. The van der Waals surface area contributed by atoms with Crippen molar-refractivity contribution >= 4 is 21.9 Å². The second-order valence-corrected chi connectivity index (χ2v) is 9.56. The quantitative estimate of drug-likeness (QED) is 0.324. The topological polar surface area (TPSA) is 127 Å². The van der Waals surface area contributed by atoms with Gasteiger partial charge in [-0.2, -0.15) is 26.0 Å². The highest BCUT2D eigenvalue weighted by Crippen LogP contribution is 2.59. The number of aliphatic hydroxyl groups is 1. The van der Waals surface area contributed by atoms with Crippen LogP contribution in [0.4, 0.5) is 17.6 Å². The molecule has 4 bridgehead atoms. The SMILES string of the molecule is O=C1C2CC3CC1CC(C(=O)OCC(O)COC(F)(F)C(F)(F)S(=O)(=O)O)(C3)C2. The number of Topliss-reactive ketones (excluding diaryl/α,β-unsaturated/α-hetero) is 1. The lowest BCUT2D eigenvalue weighted by Crippen LogP contribution is -2.55. The molecule has 3 atom stereocenters. The summed E-state index contributed by atoms with van der Waals surface area (Å²) in [5.74, 6) is -0.780. The second kappa shape index (κ2) is 7.13. The molecule has 8 nitrogen and oxygen atoms in total. The van der Waals surface area contributed by atoms with Crippen molar-refractivity contribution in [2.45, 2.75) is 49.6 Å². The number of ether oxygens (including phenoxy) is 2. The molecule has 4 fully saturated rings. The minimum absolute atomic E-state index is 0.139. The predicted molar refractivity (Wildman–Crippen MR) is 85.4 cm³/mol. The number of esters is 1. The van der Waals surface area contributed by atoms with E-state index in [2.05, 4.69) is 4.74 Å². The van der Waals surface area contributed by atoms with Crippen LogP contribution >= 0.6 is 0 Å². The third-order valence-electron chi connectivity index (χ3n) is 5.95. The predicted octanol–water partition coefficient (Wildman–Crippen LogP) is 1.38. The van der Waals surface area contributed by atoms with Gasteiger partial charge >= 0.3 is 27.5 Å². The Labute approximate surface area is 163 Å². The van der Waals surface area contributed by atoms with Gasteiger partial charge in [0.2, 0.25) is 0 Å². The third kappa shape index (κ3) is 3.89. The Balaban J connectivity index is 1.53. The molecule has 3 unspecified atom stereocenters. The van der Waals surface area contributed by atoms with Gasteiger partial charge in [-0.25, -0.2) is 0 Å². The smallest absolute Gasteiger partial charge is 0.459 e. The van der Waals surface area contributed by atoms with Crippen molar-refractivity contribution in [1.82, 2.24) is 0 Å². The van der Waals surface area contributed by atoms with Crippen molar-refractivity contribution in [3.63, 3.8) is 0 Å². The van der Waals surface area contributed by atoms with Crippen LogP contribution in [0.1, 0.15) is 32.1 Å². The van der Waals surface area contributed by atoms with E-state index in [0.29, 0.717) is 19.3 Å². The number of carbonyl (C=O) groups excluding carboxylic acids is 2. The van der Waals surface area contributed by atoms with Gasteiger partial charge in [-0.15, -0.1) is 0 Å². The molecule has 166 valence electrons. The number of rotatable bonds is 8. The fourth-order valence-electron chi connectivity index (χ4n) is 4.81. The summed E-state index contributed by atoms with van der Waals surface area (Å²) < 4.78 is 89.9. The van der Waals surface area contributed by atoms with E-state index < -0.39 is 52.2 Å². The number of hydrogen-bond acceptors (Lipinski definition) is 7. The Morgan fingerprint density at radius 2 is 1.69 bits per heavy atom. The molecule has 0 aromatic heterocycles. The van der Waals surface area contributed by atoms with E-state index in [0.717, 1.165) is 12.8 Å². The highest BCUT2D eigenvalue weighted by molar-refractivity contribution is 7.86. The van der Waals surface area contributed by atoms with E-state index in [4.69, 9.17) is 9.29 Å². The third-order valence-corrected chi connectivity index (χ3v) is 6.84. The summed E-state index contributed by atoms with van der Waals surface area (Å²) in [5, 5.41) is 3.68. The van der Waals surface area contributed by atoms with Crippen LogP contribution in [0.25, 0.3) is 0 Å². The van der Waals surface area contributed by atoms with Gasteiger partial charge in [0.25, 0.3) is 0 Å². The molecule has 0 aromatic carbocycles. The van der Waals surface area contributed by atoms with E-state index in [1.807, 2.05) is 0 Å². The molecule has 4 saturated carbocycles. The van der Waals surface area contributed by atoms with Crippen LogP contribution < -0.4 is 0 Å². The minimum atomic E-state index is -6.47. The second-order valence-electron chi connectivity index (χ2n) is 8.10. The molecule has 13 heteroatoms. The Morgan fingerprint density at radius 1 is 1.14 bits per heavy atom. The Kier molecular flexibility index (Phi) is 5.50. The van der Waals surface area contributed by atoms with Crippen LogP contribution in [0.5, 0.6) is 0 Å². The summed E-state index contributed by atoms with van der Waals surface area (Å²) in [5.41, 5.74) is -0.882. The summed E-state index contributed by atoms with van der Waals surface area (Å²) in [7, 11) is -6.47. The molecule has 0 amide bonds. The molecule has 0 aliphatic heterocycles. The fourth-order valence-corrected chi connectivity index (χ4v) is 5.16. The molecule has 4 aliphatic carbocycles. The van der Waals surface area contributed by atoms with Gasteiger partial charge in [0.05, 0.1) is 12.0 Å². The van der Waals surface area contributed by atoms with Crippen LogP contribution in [-0.4, -0.2) is 60.5 Å². The monoisotopic (exact) mass is 448 g/mol. The molecule has 0 aromatic rings. The highest BCUT2D eigenvalue weighted by Gasteiger charge is 2.67. The van der Waals surface area contributed by atoms with Crippen LogP contribution in [0.3, 0.4) is 0 Å². The van der Waals surface area contributed by atoms with Crippen LogP contribution in [0, 0.1) is 23.2 Å². The maximum atomic E-state index is 13.2. The Hall–Kier alpha value is -1.31. The zero-order valence-corrected chi connectivity index (χ0v) is 15.8. The average molecular weight is 448 g/mol. The van der Waals surface area contributed by atoms with E-state index in [-0.39, 0.29) is 23.5 Å². The van der Waals surface area contributed by atoms with Crippen LogP contribution in [-0.2, 0) is 29.2 Å². The van der Waals surface area contributed by atoms with Crippen molar-refractivity contribution in [3.05, 3.63) is 0 Å². The lowest BCUT2D eigenvalue weighted by molar-refractivity contribution is -0.324. The van der Waals surface area contributed by atoms with Gasteiger partial charge in [0.1, 0.15) is 18.5 Å². The molecule has 4 aliphatic rings. The maximum absolute atomic E-state index is 13.2. The number of ketones is 1. The number of hydrogen-bond donors (Lipinski definition) is 2. The molecule has 0 heterocycles. The van der Waals surface area contributed by atoms with Crippen molar-refractivity contribution in [2.75, 3.05) is 13.2 Å². The van der Waals surface area contributed by atoms with Gasteiger partial charge in [-0.3, -0.25) is 14.1 Å². The van der Waals surface area contributed by atoms with Crippen molar-refractivity contribution in [2.24, 2.45) is 23.2 Å². The lowest BCUT2D eigenvalue weighted by Gasteiger charge is -2.53. The molecular formula is C16H20F4O8S. The summed E-state index contributed by atoms with van der Waals surface area (Å²) in [4.78, 5) is 24.7. The van der Waals surface area contributed by atoms with Crippen molar-refractivity contribution < 1.29 is 54.7 Å². The first-order valence-corrected chi connectivity index (χ1v) is 10.4. The number of aliphatic hydroxyl groups excluding tert-OH is 1. The standard InChI is InChI=1S/C16H20F4O8S/c17-15(18,16(19,20)29(24,25)26)28-7-11(21)6-27-13(23)14-3-8-1-9(4-14)12(22)10(2-8)5-14/h8-11,21H,1-7H2,(H,24,25,26). The first kappa shape index (κ1) is 22.4. The fraction of sp³-hybridized carbons (Fsp3) is 0.875. The first-order valence-electron chi connectivity index (χ1n) is 8.94. The highest BCUT2D eigenvalue weighted by atomic mass is 32.2. The van der Waals surface area contributed by atoms with Gasteiger partial charge in [0.15, 0.2) is 0 Å². The summed E-state index contributed by atoms with van der Waals surface area (Å²) in [6, 6.07) is 0. The minimum Gasteiger partial charge on any atom is -0.462 e. The van der Waals surface area contributed by atoms with E-state index in [1.165, 1.54) is 0 Å². The molecule has 0 spiro atoms. The molecule has 0 saturated heterocycles. The zero-order valence-electron chi connectivity index (χ0n) is 15.0. The van der Waals surface area contributed by atoms with Crippen molar-refractivity contribution in [1.29, 1.82) is 0 Å². The summed E-state index contributed by atoms with van der Waals surface area (Å²) >= 11 is 0.